The van der Waals surface area contributed by atoms with Gasteiger partial charge in [0.05, 0.1) is 24.9 Å². The predicted molar refractivity (Wildman–Crippen MR) is 139 cm³/mol. The Bertz CT molecular complexity index is 1310. The molecule has 0 saturated carbocycles. The van der Waals surface area contributed by atoms with Gasteiger partial charge in [-0.05, 0) is 6.07 Å². The molecule has 1 heterocycles. The molecular weight excluding hydrogens is 484 g/mol. The standard InChI is InChI=1S/C26H23ClN4O3S/c1-33-21-16-22(34-2)20(15-19(21)27)28-23(32)13-14-35-26-29-24(17-9-5-3-6-10-17)25(30-31-26)18-11-7-4-8-12-18/h3-12,15-16H,13-14H2,1-2H3,(H,28,32). The summed E-state index contributed by atoms with van der Waals surface area (Å²) in [4.78, 5) is 17.3. The predicted octanol–water partition coefficient (Wildman–Crippen LogP) is 6.00. The molecule has 0 aliphatic rings. The van der Waals surface area contributed by atoms with Gasteiger partial charge in [0, 0.05) is 29.4 Å². The highest BCUT2D eigenvalue weighted by Crippen LogP contribution is 2.36. The van der Waals surface area contributed by atoms with Gasteiger partial charge in [-0.3, -0.25) is 4.79 Å². The molecule has 0 fully saturated rings. The number of benzene rings is 3. The van der Waals surface area contributed by atoms with E-state index in [4.69, 9.17) is 26.1 Å². The largest absolute Gasteiger partial charge is 0.495 e. The van der Waals surface area contributed by atoms with Gasteiger partial charge in [0.15, 0.2) is 0 Å². The number of ether oxygens (including phenoxy) is 2. The van der Waals surface area contributed by atoms with E-state index in [9.17, 15) is 4.79 Å². The second-order valence-electron chi connectivity index (χ2n) is 7.36. The van der Waals surface area contributed by atoms with Crippen LogP contribution < -0.4 is 14.8 Å². The van der Waals surface area contributed by atoms with E-state index in [0.717, 1.165) is 16.8 Å². The van der Waals surface area contributed by atoms with Crippen LogP contribution in [0.25, 0.3) is 22.5 Å². The van der Waals surface area contributed by atoms with Crippen LogP contribution >= 0.6 is 23.4 Å². The molecule has 0 aliphatic carbocycles. The molecule has 1 amide bonds. The monoisotopic (exact) mass is 506 g/mol. The first-order valence-corrected chi connectivity index (χ1v) is 12.1. The quantitative estimate of drug-likeness (QED) is 0.279. The summed E-state index contributed by atoms with van der Waals surface area (Å²) >= 11 is 7.56. The van der Waals surface area contributed by atoms with E-state index in [-0.39, 0.29) is 12.3 Å². The average molecular weight is 507 g/mol. The number of carbonyl (C=O) groups excluding carboxylic acids is 1. The van der Waals surface area contributed by atoms with E-state index in [1.54, 1.807) is 12.1 Å². The fourth-order valence-electron chi connectivity index (χ4n) is 3.37. The molecule has 178 valence electrons. The summed E-state index contributed by atoms with van der Waals surface area (Å²) in [5.74, 6) is 1.21. The Balaban J connectivity index is 1.46. The molecule has 3 aromatic carbocycles. The van der Waals surface area contributed by atoms with Crippen LogP contribution in [0.4, 0.5) is 5.69 Å². The molecule has 0 spiro atoms. The van der Waals surface area contributed by atoms with Gasteiger partial charge in [0.1, 0.15) is 22.9 Å². The van der Waals surface area contributed by atoms with E-state index in [2.05, 4.69) is 15.5 Å². The number of hydrogen-bond acceptors (Lipinski definition) is 7. The first-order valence-electron chi connectivity index (χ1n) is 10.8. The summed E-state index contributed by atoms with van der Waals surface area (Å²) in [5.41, 5.74) is 3.82. The molecule has 4 aromatic rings. The van der Waals surface area contributed by atoms with E-state index in [1.807, 2.05) is 60.7 Å². The van der Waals surface area contributed by atoms with Crippen molar-refractivity contribution < 1.29 is 14.3 Å². The van der Waals surface area contributed by atoms with Gasteiger partial charge in [-0.25, -0.2) is 4.98 Å². The van der Waals surface area contributed by atoms with Gasteiger partial charge in [-0.1, -0.05) is 84.0 Å². The lowest BCUT2D eigenvalue weighted by Crippen LogP contribution is -2.13. The maximum absolute atomic E-state index is 12.6. The molecule has 1 aromatic heterocycles. The van der Waals surface area contributed by atoms with Crippen LogP contribution in [0.3, 0.4) is 0 Å². The van der Waals surface area contributed by atoms with Crippen molar-refractivity contribution in [3.8, 4) is 34.0 Å². The van der Waals surface area contributed by atoms with Crippen LogP contribution in [0.15, 0.2) is 78.0 Å². The van der Waals surface area contributed by atoms with Gasteiger partial charge in [-0.15, -0.1) is 10.2 Å². The molecule has 0 bridgehead atoms. The summed E-state index contributed by atoms with van der Waals surface area (Å²) in [6, 6.07) is 22.9. The molecule has 7 nitrogen and oxygen atoms in total. The first-order chi connectivity index (χ1) is 17.1. The maximum atomic E-state index is 12.6. The summed E-state index contributed by atoms with van der Waals surface area (Å²) in [7, 11) is 3.03. The third-order valence-corrected chi connectivity index (χ3v) is 6.20. The number of amides is 1. The molecule has 9 heteroatoms. The number of aromatic nitrogens is 3. The van der Waals surface area contributed by atoms with E-state index in [1.165, 1.54) is 26.0 Å². The number of nitrogens with zero attached hydrogens (tertiary/aromatic N) is 3. The molecule has 0 saturated heterocycles. The number of methoxy groups -OCH3 is 2. The second-order valence-corrected chi connectivity index (χ2v) is 8.83. The van der Waals surface area contributed by atoms with Gasteiger partial charge in [0.25, 0.3) is 0 Å². The number of halogens is 1. The van der Waals surface area contributed by atoms with Crippen LogP contribution in [0, 0.1) is 0 Å². The lowest BCUT2D eigenvalue weighted by molar-refractivity contribution is -0.115. The number of rotatable bonds is 9. The Hall–Kier alpha value is -3.62. The van der Waals surface area contributed by atoms with Crippen molar-refractivity contribution in [2.24, 2.45) is 0 Å². The van der Waals surface area contributed by atoms with Gasteiger partial charge in [-0.2, -0.15) is 0 Å². The summed E-state index contributed by atoms with van der Waals surface area (Å²) in [6.07, 6.45) is 0.238. The molecule has 35 heavy (non-hydrogen) atoms. The molecule has 4 rings (SSSR count). The van der Waals surface area contributed by atoms with Crippen molar-refractivity contribution in [2.75, 3.05) is 25.3 Å². The Morgan fingerprint density at radius 1 is 0.886 bits per heavy atom. The number of nitrogens with one attached hydrogen (secondary N) is 1. The van der Waals surface area contributed by atoms with Crippen LogP contribution in [0.1, 0.15) is 6.42 Å². The molecule has 0 atom stereocenters. The third-order valence-electron chi connectivity index (χ3n) is 5.07. The Morgan fingerprint density at radius 2 is 1.51 bits per heavy atom. The van der Waals surface area contributed by atoms with E-state index >= 15 is 0 Å². The number of hydrogen-bond donors (Lipinski definition) is 1. The minimum atomic E-state index is -0.186. The molecule has 0 aliphatic heterocycles. The summed E-state index contributed by atoms with van der Waals surface area (Å²) in [6.45, 7) is 0. The van der Waals surface area contributed by atoms with Crippen molar-refractivity contribution in [1.82, 2.24) is 15.2 Å². The van der Waals surface area contributed by atoms with Crippen molar-refractivity contribution in [3.05, 3.63) is 77.8 Å². The number of thioether (sulfide) groups is 1. The minimum absolute atomic E-state index is 0.186. The fourth-order valence-corrected chi connectivity index (χ4v) is 4.33. The van der Waals surface area contributed by atoms with E-state index in [0.29, 0.717) is 38.8 Å². The Morgan fingerprint density at radius 3 is 2.14 bits per heavy atom. The van der Waals surface area contributed by atoms with Crippen LogP contribution in [0.5, 0.6) is 11.5 Å². The van der Waals surface area contributed by atoms with Gasteiger partial charge in [0.2, 0.25) is 11.1 Å². The zero-order valence-electron chi connectivity index (χ0n) is 19.2. The maximum Gasteiger partial charge on any atom is 0.225 e. The highest BCUT2D eigenvalue weighted by atomic mass is 35.5. The highest BCUT2D eigenvalue weighted by molar-refractivity contribution is 7.99. The SMILES string of the molecule is COc1cc(OC)c(NC(=O)CCSc2nnc(-c3ccccc3)c(-c3ccccc3)n2)cc1Cl. The zero-order chi connectivity index (χ0) is 24.6. The molecule has 0 radical (unpaired) electrons. The van der Waals surface area contributed by atoms with E-state index < -0.39 is 0 Å². The Labute approximate surface area is 212 Å². The van der Waals surface area contributed by atoms with Gasteiger partial charge >= 0.3 is 0 Å². The summed E-state index contributed by atoms with van der Waals surface area (Å²) < 4.78 is 10.5. The minimum Gasteiger partial charge on any atom is -0.495 e. The van der Waals surface area contributed by atoms with Crippen molar-refractivity contribution in [3.63, 3.8) is 0 Å². The van der Waals surface area contributed by atoms with Crippen LogP contribution in [-0.4, -0.2) is 41.1 Å². The fraction of sp³-hybridized carbons (Fsp3) is 0.154. The normalized spacial score (nSPS) is 10.6. The lowest BCUT2D eigenvalue weighted by atomic mass is 10.0. The van der Waals surface area contributed by atoms with Crippen molar-refractivity contribution in [1.29, 1.82) is 0 Å². The molecule has 0 unspecified atom stereocenters. The number of anilines is 1. The highest BCUT2D eigenvalue weighted by Gasteiger charge is 2.15. The van der Waals surface area contributed by atoms with Crippen LogP contribution in [0.2, 0.25) is 5.02 Å². The first kappa shape index (κ1) is 24.5. The second kappa shape index (κ2) is 11.7. The molecular formula is C26H23ClN4O3S. The lowest BCUT2D eigenvalue weighted by Gasteiger charge is -2.13. The number of carbonyl (C=O) groups is 1. The average Bonchev–Trinajstić information content (AvgIpc) is 2.90. The summed E-state index contributed by atoms with van der Waals surface area (Å²) in [5, 5.41) is 12.5. The van der Waals surface area contributed by atoms with Crippen LogP contribution in [-0.2, 0) is 4.79 Å². The van der Waals surface area contributed by atoms with Crippen molar-refractivity contribution in [2.45, 2.75) is 11.6 Å². The smallest absolute Gasteiger partial charge is 0.225 e. The topological polar surface area (TPSA) is 86.2 Å². The Kier molecular flexibility index (Phi) is 8.18. The van der Waals surface area contributed by atoms with Gasteiger partial charge < -0.3 is 14.8 Å². The van der Waals surface area contributed by atoms with Crippen molar-refractivity contribution >= 4 is 35.0 Å². The third kappa shape index (κ3) is 6.09. The zero-order valence-corrected chi connectivity index (χ0v) is 20.8. The molecule has 1 N–H and O–H groups in total.